The van der Waals surface area contributed by atoms with E-state index in [4.69, 9.17) is 16.3 Å². The number of amides is 2. The quantitative estimate of drug-likeness (QED) is 0.536. The fraction of sp³-hybridized carbons (Fsp3) is 0.714. The van der Waals surface area contributed by atoms with Gasteiger partial charge in [0.1, 0.15) is 5.60 Å². The maximum Gasteiger partial charge on any atom is 0.407 e. The molecule has 1 aromatic rings. The first-order valence-electron chi connectivity index (χ1n) is 13.4. The molecule has 5 fully saturated rings. The van der Waals surface area contributed by atoms with Crippen molar-refractivity contribution in [1.82, 2.24) is 10.6 Å². The van der Waals surface area contributed by atoms with E-state index in [0.29, 0.717) is 16.0 Å². The van der Waals surface area contributed by atoms with Crippen molar-refractivity contribution in [3.05, 3.63) is 28.8 Å². The summed E-state index contributed by atoms with van der Waals surface area (Å²) in [5.41, 5.74) is 1.37. The third-order valence-electron chi connectivity index (χ3n) is 8.56. The van der Waals surface area contributed by atoms with Crippen LogP contribution in [0.1, 0.15) is 82.5 Å². The number of ether oxygens (including phenoxy) is 1. The number of benzene rings is 1. The summed E-state index contributed by atoms with van der Waals surface area (Å²) in [6.45, 7) is 7.98. The first-order valence-corrected chi connectivity index (χ1v) is 13.8. The van der Waals surface area contributed by atoms with Crippen molar-refractivity contribution < 1.29 is 14.3 Å². The van der Waals surface area contributed by atoms with Crippen molar-refractivity contribution in [3.8, 4) is 0 Å². The van der Waals surface area contributed by atoms with E-state index in [1.165, 1.54) is 38.5 Å². The first-order chi connectivity index (χ1) is 16.6. The van der Waals surface area contributed by atoms with Crippen LogP contribution in [0.3, 0.4) is 0 Å². The van der Waals surface area contributed by atoms with Gasteiger partial charge in [0.2, 0.25) is 0 Å². The number of carbonyl (C=O) groups is 2. The molecule has 0 unspecified atom stereocenters. The minimum atomic E-state index is -0.499. The van der Waals surface area contributed by atoms with Gasteiger partial charge in [-0.05, 0) is 114 Å². The predicted octanol–water partition coefficient (Wildman–Crippen LogP) is 5.78. The van der Waals surface area contributed by atoms with Crippen LogP contribution in [0.5, 0.6) is 0 Å². The van der Waals surface area contributed by atoms with Crippen LogP contribution in [0.2, 0.25) is 5.02 Å². The lowest BCUT2D eigenvalue weighted by Gasteiger charge is -2.56. The number of hydrogen-bond donors (Lipinski definition) is 2. The number of alkyl carbamates (subject to hydrolysis) is 1. The highest BCUT2D eigenvalue weighted by atomic mass is 35.5. The predicted molar refractivity (Wildman–Crippen MR) is 139 cm³/mol. The van der Waals surface area contributed by atoms with Gasteiger partial charge in [-0.1, -0.05) is 11.6 Å². The standard InChI is InChI=1S/C28H40ClN3O3/c1-27(2,3)35-26(34)31-21-6-8-32(9-7-21)22-4-5-24(29)23(13-22)25(33)30-17-28-14-18-10-19(15-28)12-20(11-18)16-28/h4-5,13,18-21H,6-12,14-17H2,1-3H3,(H,30,33)(H,31,34). The van der Waals surface area contributed by atoms with Crippen LogP contribution >= 0.6 is 11.6 Å². The van der Waals surface area contributed by atoms with Crippen molar-refractivity contribution >= 4 is 29.3 Å². The Labute approximate surface area is 214 Å². The van der Waals surface area contributed by atoms with Crippen molar-refractivity contribution in [2.24, 2.45) is 23.2 Å². The molecular weight excluding hydrogens is 462 g/mol. The molecule has 0 atom stereocenters. The molecule has 1 saturated heterocycles. The van der Waals surface area contributed by atoms with Crippen LogP contribution in [0.25, 0.3) is 0 Å². The topological polar surface area (TPSA) is 70.7 Å². The van der Waals surface area contributed by atoms with Gasteiger partial charge in [0.05, 0.1) is 10.6 Å². The molecule has 7 heteroatoms. The summed E-state index contributed by atoms with van der Waals surface area (Å²) in [6, 6.07) is 5.84. The maximum atomic E-state index is 13.2. The monoisotopic (exact) mass is 501 g/mol. The van der Waals surface area contributed by atoms with Crippen LogP contribution in [0.15, 0.2) is 18.2 Å². The number of halogens is 1. The van der Waals surface area contributed by atoms with Gasteiger partial charge in [0.25, 0.3) is 5.91 Å². The van der Waals surface area contributed by atoms with Crippen LogP contribution in [-0.4, -0.2) is 43.3 Å². The molecular formula is C28H40ClN3O3. The minimum absolute atomic E-state index is 0.0610. The Hall–Kier alpha value is -1.95. The fourth-order valence-electron chi connectivity index (χ4n) is 7.51. The van der Waals surface area contributed by atoms with Crippen molar-refractivity contribution in [3.63, 3.8) is 0 Å². The summed E-state index contributed by atoms with van der Waals surface area (Å²) in [5, 5.41) is 6.75. The van der Waals surface area contributed by atoms with Crippen molar-refractivity contribution in [1.29, 1.82) is 0 Å². The molecule has 5 aliphatic rings. The summed E-state index contributed by atoms with van der Waals surface area (Å²) >= 11 is 6.48. The van der Waals surface area contributed by atoms with E-state index < -0.39 is 5.60 Å². The van der Waals surface area contributed by atoms with Crippen molar-refractivity contribution in [2.45, 2.75) is 83.8 Å². The summed E-state index contributed by atoms with van der Waals surface area (Å²) in [5.74, 6) is 2.56. The molecule has 4 bridgehead atoms. The molecule has 2 amide bonds. The van der Waals surface area contributed by atoms with Gasteiger partial charge >= 0.3 is 6.09 Å². The Kier molecular flexibility index (Phi) is 6.71. The van der Waals surface area contributed by atoms with Gasteiger partial charge < -0.3 is 20.3 Å². The second-order valence-corrected chi connectivity index (χ2v) is 13.1. The average Bonchev–Trinajstić information content (AvgIpc) is 2.76. The number of anilines is 1. The van der Waals surface area contributed by atoms with Crippen LogP contribution < -0.4 is 15.5 Å². The first kappa shape index (κ1) is 24.7. The number of carbonyl (C=O) groups excluding carboxylic acids is 2. The van der Waals surface area contributed by atoms with E-state index in [1.54, 1.807) is 0 Å². The lowest BCUT2D eigenvalue weighted by molar-refractivity contribution is -0.0503. The molecule has 0 aromatic heterocycles. The highest BCUT2D eigenvalue weighted by molar-refractivity contribution is 6.34. The zero-order chi connectivity index (χ0) is 24.8. The molecule has 192 valence electrons. The molecule has 0 radical (unpaired) electrons. The lowest BCUT2D eigenvalue weighted by atomic mass is 9.49. The Bertz CT molecular complexity index is 929. The molecule has 35 heavy (non-hydrogen) atoms. The second kappa shape index (κ2) is 9.49. The molecule has 4 aliphatic carbocycles. The van der Waals surface area contributed by atoms with E-state index in [-0.39, 0.29) is 18.0 Å². The molecule has 6 nitrogen and oxygen atoms in total. The van der Waals surface area contributed by atoms with Gasteiger partial charge in [-0.25, -0.2) is 4.79 Å². The zero-order valence-corrected chi connectivity index (χ0v) is 22.1. The lowest BCUT2D eigenvalue weighted by Crippen LogP contribution is -2.51. The van der Waals surface area contributed by atoms with Gasteiger partial charge in [0.15, 0.2) is 0 Å². The molecule has 2 N–H and O–H groups in total. The highest BCUT2D eigenvalue weighted by Crippen LogP contribution is 2.59. The fourth-order valence-corrected chi connectivity index (χ4v) is 7.71. The second-order valence-electron chi connectivity index (χ2n) is 12.7. The van der Waals surface area contributed by atoms with Crippen LogP contribution in [-0.2, 0) is 4.74 Å². The van der Waals surface area contributed by atoms with Crippen LogP contribution in [0.4, 0.5) is 10.5 Å². The van der Waals surface area contributed by atoms with Crippen molar-refractivity contribution in [2.75, 3.05) is 24.5 Å². The normalized spacial score (nSPS) is 30.3. The SMILES string of the molecule is CC(C)(C)OC(=O)NC1CCN(c2ccc(Cl)c(C(=O)NCC34CC5CC(CC(C5)C3)C4)c2)CC1. The Morgan fingerprint density at radius 1 is 1.06 bits per heavy atom. The van der Waals surface area contributed by atoms with Gasteiger partial charge in [-0.3, -0.25) is 4.79 Å². The Morgan fingerprint density at radius 3 is 2.23 bits per heavy atom. The summed E-state index contributed by atoms with van der Waals surface area (Å²) in [4.78, 5) is 27.6. The van der Waals surface area contributed by atoms with E-state index in [1.807, 2.05) is 39.0 Å². The molecule has 4 saturated carbocycles. The largest absolute Gasteiger partial charge is 0.444 e. The number of rotatable bonds is 5. The smallest absolute Gasteiger partial charge is 0.407 e. The summed E-state index contributed by atoms with van der Waals surface area (Å²) in [7, 11) is 0. The molecule has 6 rings (SSSR count). The maximum absolute atomic E-state index is 13.2. The number of nitrogens with one attached hydrogen (secondary N) is 2. The van der Waals surface area contributed by atoms with Gasteiger partial charge in [-0.15, -0.1) is 0 Å². The molecule has 1 aromatic carbocycles. The average molecular weight is 502 g/mol. The van der Waals surface area contributed by atoms with E-state index in [2.05, 4.69) is 15.5 Å². The number of piperidine rings is 1. The zero-order valence-electron chi connectivity index (χ0n) is 21.4. The number of hydrogen-bond acceptors (Lipinski definition) is 4. The van der Waals surface area contributed by atoms with E-state index >= 15 is 0 Å². The molecule has 0 spiro atoms. The molecule has 1 heterocycles. The third-order valence-corrected chi connectivity index (χ3v) is 8.89. The highest BCUT2D eigenvalue weighted by Gasteiger charge is 2.50. The van der Waals surface area contributed by atoms with E-state index in [0.717, 1.165) is 55.9 Å². The van der Waals surface area contributed by atoms with E-state index in [9.17, 15) is 9.59 Å². The van der Waals surface area contributed by atoms with Crippen LogP contribution in [0, 0.1) is 23.2 Å². The minimum Gasteiger partial charge on any atom is -0.444 e. The summed E-state index contributed by atoms with van der Waals surface area (Å²) in [6.07, 6.45) is 9.35. The molecule has 1 aliphatic heterocycles. The third kappa shape index (κ3) is 5.73. The number of nitrogens with zero attached hydrogens (tertiary/aromatic N) is 1. The van der Waals surface area contributed by atoms with Gasteiger partial charge in [0, 0.05) is 31.4 Å². The Morgan fingerprint density at radius 2 is 1.66 bits per heavy atom. The summed E-state index contributed by atoms with van der Waals surface area (Å²) < 4.78 is 5.38. The Balaban J connectivity index is 1.16. The van der Waals surface area contributed by atoms with Gasteiger partial charge in [-0.2, -0.15) is 0 Å².